The number of oxime groups is 1. The lowest BCUT2D eigenvalue weighted by Crippen LogP contribution is -2.54. The van der Waals surface area contributed by atoms with Gasteiger partial charge in [0.25, 0.3) is 0 Å². The molecule has 0 atom stereocenters. The monoisotopic (exact) mass is 257 g/mol. The average molecular weight is 257 g/mol. The van der Waals surface area contributed by atoms with E-state index in [1.54, 1.807) is 0 Å². The lowest BCUT2D eigenvalue weighted by molar-refractivity contribution is -0.175. The number of ether oxygens (including phenoxy) is 1. The summed E-state index contributed by atoms with van der Waals surface area (Å²) in [4.78, 5) is 11.2. The van der Waals surface area contributed by atoms with Crippen molar-refractivity contribution >= 4 is 11.7 Å². The largest absolute Gasteiger partial charge is 0.411 e. The summed E-state index contributed by atoms with van der Waals surface area (Å²) in [5.41, 5.74) is 4.09. The van der Waals surface area contributed by atoms with Gasteiger partial charge in [-0.2, -0.15) is 13.2 Å². The Labute approximate surface area is 95.6 Å². The first kappa shape index (κ1) is 15.5. The molecule has 0 saturated carbocycles. The number of nitrogens with one attached hydrogen (secondary N) is 1. The van der Waals surface area contributed by atoms with Crippen molar-refractivity contribution in [1.29, 1.82) is 0 Å². The van der Waals surface area contributed by atoms with Crippen LogP contribution in [0.15, 0.2) is 5.16 Å². The molecule has 0 aliphatic rings. The number of rotatable bonds is 5. The molecule has 0 aromatic heterocycles. The zero-order chi connectivity index (χ0) is 13.7. The molecular formula is C8H14F3N3O3. The normalized spacial score (nSPS) is 13.6. The van der Waals surface area contributed by atoms with Gasteiger partial charge in [-0.15, -0.1) is 0 Å². The highest BCUT2D eigenvalue weighted by atomic mass is 19.4. The number of hydrogen-bond donors (Lipinski definition) is 3. The Morgan fingerprint density at radius 2 is 2.00 bits per heavy atom. The first-order chi connectivity index (χ1) is 7.58. The molecule has 0 aromatic rings. The highest BCUT2D eigenvalue weighted by molar-refractivity contribution is 5.93. The van der Waals surface area contributed by atoms with Crippen molar-refractivity contribution in [3.05, 3.63) is 0 Å². The molecule has 0 unspecified atom stereocenters. The molecule has 0 rings (SSSR count). The maximum Gasteiger partial charge on any atom is 0.411 e. The summed E-state index contributed by atoms with van der Waals surface area (Å²) in [5.74, 6) is -1.08. The van der Waals surface area contributed by atoms with Gasteiger partial charge in [0.2, 0.25) is 5.91 Å². The Balaban J connectivity index is 4.11. The molecule has 0 radical (unpaired) electrons. The maximum absolute atomic E-state index is 11.7. The number of amidine groups is 1. The third-order valence-electron chi connectivity index (χ3n) is 1.70. The standard InChI is InChI=1S/C8H14F3N3O3/c1-7(2,6(12)14-16)13-5(15)3-17-4-8(9,10)11/h16H,3-4H2,1-2H3,(H2,12,14)(H,13,15). The SMILES string of the molecule is CC(C)(NC(=O)COCC(F)(F)F)C(N)=NO. The fraction of sp³-hybridized carbons (Fsp3) is 0.750. The van der Waals surface area contributed by atoms with Crippen LogP contribution < -0.4 is 11.1 Å². The number of alkyl halides is 3. The smallest absolute Gasteiger partial charge is 0.409 e. The second-order valence-corrected chi connectivity index (χ2v) is 3.77. The van der Waals surface area contributed by atoms with Crippen molar-refractivity contribution in [1.82, 2.24) is 5.32 Å². The number of hydrogen-bond acceptors (Lipinski definition) is 4. The highest BCUT2D eigenvalue weighted by Crippen LogP contribution is 2.14. The molecule has 17 heavy (non-hydrogen) atoms. The van der Waals surface area contributed by atoms with Crippen LogP contribution in [-0.4, -0.2) is 41.9 Å². The maximum atomic E-state index is 11.7. The van der Waals surface area contributed by atoms with E-state index in [2.05, 4.69) is 15.2 Å². The van der Waals surface area contributed by atoms with Crippen LogP contribution in [0.2, 0.25) is 0 Å². The summed E-state index contributed by atoms with van der Waals surface area (Å²) >= 11 is 0. The van der Waals surface area contributed by atoms with Crippen molar-refractivity contribution in [3.63, 3.8) is 0 Å². The third kappa shape index (κ3) is 6.61. The first-order valence-corrected chi connectivity index (χ1v) is 4.52. The van der Waals surface area contributed by atoms with Crippen molar-refractivity contribution in [2.24, 2.45) is 10.9 Å². The van der Waals surface area contributed by atoms with Crippen LogP contribution >= 0.6 is 0 Å². The Bertz CT molecular complexity index is 302. The Morgan fingerprint density at radius 3 is 2.41 bits per heavy atom. The van der Waals surface area contributed by atoms with E-state index < -0.39 is 30.8 Å². The van der Waals surface area contributed by atoms with Gasteiger partial charge >= 0.3 is 6.18 Å². The molecule has 1 amide bonds. The first-order valence-electron chi connectivity index (χ1n) is 4.52. The second kappa shape index (κ2) is 5.71. The van der Waals surface area contributed by atoms with Crippen LogP contribution in [0, 0.1) is 0 Å². The summed E-state index contributed by atoms with van der Waals surface area (Å²) in [6.07, 6.45) is -4.48. The van der Waals surface area contributed by atoms with Gasteiger partial charge in [-0.3, -0.25) is 4.79 Å². The molecular weight excluding hydrogens is 243 g/mol. The van der Waals surface area contributed by atoms with Crippen LogP contribution in [0.25, 0.3) is 0 Å². The minimum atomic E-state index is -4.48. The Hall–Kier alpha value is -1.51. The summed E-state index contributed by atoms with van der Waals surface area (Å²) in [6.45, 7) is 0.569. The predicted molar refractivity (Wildman–Crippen MR) is 52.5 cm³/mol. The molecule has 0 bridgehead atoms. The van der Waals surface area contributed by atoms with Crippen LogP contribution in [0.3, 0.4) is 0 Å². The number of carbonyl (C=O) groups is 1. The molecule has 9 heteroatoms. The van der Waals surface area contributed by atoms with E-state index in [0.717, 1.165) is 0 Å². The molecule has 0 fully saturated rings. The highest BCUT2D eigenvalue weighted by Gasteiger charge is 2.29. The molecule has 0 aliphatic heterocycles. The van der Waals surface area contributed by atoms with Crippen molar-refractivity contribution in [2.75, 3.05) is 13.2 Å². The minimum Gasteiger partial charge on any atom is -0.409 e. The van der Waals surface area contributed by atoms with Gasteiger partial charge in [0.1, 0.15) is 13.2 Å². The van der Waals surface area contributed by atoms with E-state index in [0.29, 0.717) is 0 Å². The van der Waals surface area contributed by atoms with Crippen molar-refractivity contribution in [2.45, 2.75) is 25.6 Å². The Morgan fingerprint density at radius 1 is 1.47 bits per heavy atom. The van der Waals surface area contributed by atoms with Crippen LogP contribution in [-0.2, 0) is 9.53 Å². The number of amides is 1. The zero-order valence-electron chi connectivity index (χ0n) is 9.34. The summed E-state index contributed by atoms with van der Waals surface area (Å²) in [7, 11) is 0. The predicted octanol–water partition coefficient (Wildman–Crippen LogP) is 0.206. The molecule has 6 nitrogen and oxygen atoms in total. The van der Waals surface area contributed by atoms with E-state index in [1.807, 2.05) is 0 Å². The quantitative estimate of drug-likeness (QED) is 0.284. The summed E-state index contributed by atoms with van der Waals surface area (Å²) in [6, 6.07) is 0. The molecule has 0 heterocycles. The van der Waals surface area contributed by atoms with E-state index in [9.17, 15) is 18.0 Å². The van der Waals surface area contributed by atoms with Gasteiger partial charge in [0.15, 0.2) is 5.84 Å². The van der Waals surface area contributed by atoms with Gasteiger partial charge in [0.05, 0.1) is 5.54 Å². The number of nitrogens with two attached hydrogens (primary N) is 1. The van der Waals surface area contributed by atoms with E-state index in [1.165, 1.54) is 13.8 Å². The van der Waals surface area contributed by atoms with Crippen molar-refractivity contribution < 1.29 is 27.9 Å². The van der Waals surface area contributed by atoms with Crippen LogP contribution in [0.1, 0.15) is 13.8 Å². The van der Waals surface area contributed by atoms with Crippen LogP contribution in [0.5, 0.6) is 0 Å². The molecule has 100 valence electrons. The fourth-order valence-corrected chi connectivity index (χ4v) is 0.833. The number of nitrogens with zero attached hydrogens (tertiary/aromatic N) is 1. The Kier molecular flexibility index (Phi) is 5.20. The van der Waals surface area contributed by atoms with Gasteiger partial charge in [-0.25, -0.2) is 0 Å². The minimum absolute atomic E-state index is 0.276. The number of halogens is 3. The zero-order valence-corrected chi connectivity index (χ0v) is 9.34. The fourth-order valence-electron chi connectivity index (χ4n) is 0.833. The second-order valence-electron chi connectivity index (χ2n) is 3.77. The summed E-state index contributed by atoms with van der Waals surface area (Å²) in [5, 5.41) is 13.3. The molecule has 0 aliphatic carbocycles. The molecule has 0 spiro atoms. The topological polar surface area (TPSA) is 96.9 Å². The summed E-state index contributed by atoms with van der Waals surface area (Å²) < 4.78 is 39.2. The molecule has 0 aromatic carbocycles. The van der Waals surface area contributed by atoms with Crippen LogP contribution in [0.4, 0.5) is 13.2 Å². The van der Waals surface area contributed by atoms with Crippen molar-refractivity contribution in [3.8, 4) is 0 Å². The van der Waals surface area contributed by atoms with E-state index >= 15 is 0 Å². The lowest BCUT2D eigenvalue weighted by atomic mass is 10.0. The molecule has 4 N–H and O–H groups in total. The van der Waals surface area contributed by atoms with Gasteiger partial charge in [0, 0.05) is 0 Å². The van der Waals surface area contributed by atoms with Gasteiger partial charge < -0.3 is 21.0 Å². The lowest BCUT2D eigenvalue weighted by Gasteiger charge is -2.24. The molecule has 0 saturated heterocycles. The van der Waals surface area contributed by atoms with E-state index in [4.69, 9.17) is 10.9 Å². The number of carbonyl (C=O) groups excluding carboxylic acids is 1. The van der Waals surface area contributed by atoms with Gasteiger partial charge in [-0.05, 0) is 13.8 Å². The van der Waals surface area contributed by atoms with Gasteiger partial charge in [-0.1, -0.05) is 5.16 Å². The average Bonchev–Trinajstić information content (AvgIpc) is 2.13. The van der Waals surface area contributed by atoms with E-state index in [-0.39, 0.29) is 5.84 Å². The third-order valence-corrected chi connectivity index (χ3v) is 1.70.